The van der Waals surface area contributed by atoms with E-state index in [1.807, 2.05) is 12.1 Å². The summed E-state index contributed by atoms with van der Waals surface area (Å²) in [5.74, 6) is 0.934. The van der Waals surface area contributed by atoms with Crippen molar-refractivity contribution in [2.24, 2.45) is 0 Å². The third-order valence-electron chi connectivity index (χ3n) is 7.13. The predicted octanol–water partition coefficient (Wildman–Crippen LogP) is 5.93. The third kappa shape index (κ3) is 5.38. The molecule has 1 fully saturated rings. The van der Waals surface area contributed by atoms with E-state index in [0.29, 0.717) is 12.6 Å². The number of nitrogens with one attached hydrogen (secondary N) is 1. The van der Waals surface area contributed by atoms with E-state index in [-0.39, 0.29) is 11.6 Å². The van der Waals surface area contributed by atoms with Crippen LogP contribution in [0.4, 0.5) is 0 Å². The number of benzene rings is 1. The van der Waals surface area contributed by atoms with Crippen LogP contribution < -0.4 is 5.56 Å². The molecule has 1 aromatic carbocycles. The monoisotopic (exact) mass is 490 g/mol. The Morgan fingerprint density at radius 1 is 1.17 bits per heavy atom. The average Bonchev–Trinajstić information content (AvgIpc) is 3.56. The Balaban J connectivity index is 1.53. The van der Waals surface area contributed by atoms with E-state index < -0.39 is 0 Å². The lowest BCUT2D eigenvalue weighted by molar-refractivity contribution is 0.151. The summed E-state index contributed by atoms with van der Waals surface area (Å²) in [4.78, 5) is 19.9. The van der Waals surface area contributed by atoms with Gasteiger partial charge in [-0.1, -0.05) is 50.3 Å². The number of H-pyrrole nitrogens is 1. The first-order valence-corrected chi connectivity index (χ1v) is 13.7. The van der Waals surface area contributed by atoms with Crippen LogP contribution in [0.1, 0.15) is 85.8 Å². The summed E-state index contributed by atoms with van der Waals surface area (Å²) in [5.41, 5.74) is 2.80. The van der Waals surface area contributed by atoms with Gasteiger partial charge >= 0.3 is 0 Å². The number of thiophene rings is 1. The Labute approximate surface area is 210 Å². The highest BCUT2D eigenvalue weighted by Crippen LogP contribution is 2.33. The first kappa shape index (κ1) is 23.9. The third-order valence-corrected chi connectivity index (χ3v) is 7.99. The molecule has 0 bridgehead atoms. The number of aryl methyl sites for hydroxylation is 1. The van der Waals surface area contributed by atoms with Crippen LogP contribution in [-0.2, 0) is 13.1 Å². The average molecular weight is 491 g/mol. The van der Waals surface area contributed by atoms with Gasteiger partial charge in [-0.3, -0.25) is 9.69 Å². The van der Waals surface area contributed by atoms with Crippen LogP contribution >= 0.6 is 11.3 Å². The number of hydrogen-bond donors (Lipinski definition) is 1. The van der Waals surface area contributed by atoms with E-state index in [4.69, 9.17) is 0 Å². The van der Waals surface area contributed by atoms with Crippen LogP contribution in [0, 0.1) is 6.92 Å². The fraction of sp³-hybridized carbons (Fsp3) is 0.481. The number of pyridine rings is 1. The molecule has 1 aliphatic rings. The molecule has 4 aromatic rings. The van der Waals surface area contributed by atoms with Gasteiger partial charge in [-0.15, -0.1) is 16.4 Å². The first-order chi connectivity index (χ1) is 17.1. The van der Waals surface area contributed by atoms with Gasteiger partial charge in [0.15, 0.2) is 5.82 Å². The van der Waals surface area contributed by atoms with Crippen molar-refractivity contribution in [3.05, 3.63) is 74.0 Å². The molecule has 35 heavy (non-hydrogen) atoms. The summed E-state index contributed by atoms with van der Waals surface area (Å²) >= 11 is 1.75. The molecule has 1 aliphatic carbocycles. The van der Waals surface area contributed by atoms with Gasteiger partial charge in [-0.25, -0.2) is 4.68 Å². The zero-order valence-corrected chi connectivity index (χ0v) is 21.4. The molecule has 1 N–H and O–H groups in total. The highest BCUT2D eigenvalue weighted by molar-refractivity contribution is 7.09. The lowest BCUT2D eigenvalue weighted by Crippen LogP contribution is -2.33. The second-order valence-corrected chi connectivity index (χ2v) is 10.8. The molecule has 8 heteroatoms. The Morgan fingerprint density at radius 2 is 2.03 bits per heavy atom. The number of tetrazole rings is 1. The fourth-order valence-corrected chi connectivity index (χ4v) is 6.07. The van der Waals surface area contributed by atoms with Crippen LogP contribution in [0.2, 0.25) is 0 Å². The zero-order chi connectivity index (χ0) is 24.2. The van der Waals surface area contributed by atoms with Crippen molar-refractivity contribution in [1.82, 2.24) is 30.1 Å². The van der Waals surface area contributed by atoms with Crippen molar-refractivity contribution in [3.8, 4) is 0 Å². The van der Waals surface area contributed by atoms with Crippen LogP contribution in [0.25, 0.3) is 10.9 Å². The zero-order valence-electron chi connectivity index (χ0n) is 20.6. The van der Waals surface area contributed by atoms with Crippen molar-refractivity contribution in [1.29, 1.82) is 0 Å². The Bertz CT molecular complexity index is 1300. The van der Waals surface area contributed by atoms with Gasteiger partial charge in [0.1, 0.15) is 0 Å². The van der Waals surface area contributed by atoms with E-state index in [1.165, 1.54) is 29.7 Å². The normalized spacial score (nSPS) is 15.7. The van der Waals surface area contributed by atoms with Gasteiger partial charge < -0.3 is 4.98 Å². The van der Waals surface area contributed by atoms with Crippen molar-refractivity contribution in [2.45, 2.75) is 84.0 Å². The minimum Gasteiger partial charge on any atom is -0.322 e. The van der Waals surface area contributed by atoms with E-state index >= 15 is 0 Å². The Kier molecular flexibility index (Phi) is 7.39. The molecule has 0 radical (unpaired) electrons. The summed E-state index contributed by atoms with van der Waals surface area (Å²) in [5, 5.41) is 16.3. The maximum absolute atomic E-state index is 13.1. The minimum atomic E-state index is -0.0281. The molecule has 184 valence electrons. The highest BCUT2D eigenvalue weighted by Gasteiger charge is 2.30. The molecule has 3 aromatic heterocycles. The van der Waals surface area contributed by atoms with Crippen molar-refractivity contribution in [2.75, 3.05) is 0 Å². The SMILES string of the molecule is CCC[C@H](c1nnnn1C1CCCCC1)N(Cc1cccs1)Cc1cc2cc(C)ccc2[nH]c1=O. The molecule has 0 amide bonds. The van der Waals surface area contributed by atoms with Crippen LogP contribution in [0.3, 0.4) is 0 Å². The standard InChI is InChI=1S/C27H34N6OS/c1-3-8-25(26-29-30-31-33(26)22-9-5-4-6-10-22)32(18-23-11-7-14-35-23)17-21-16-20-15-19(2)12-13-24(20)28-27(21)34/h7,11-16,22,25H,3-6,8-10,17-18H2,1-2H3,(H,28,34)/t25-/m1/s1. The number of rotatable bonds is 9. The van der Waals surface area contributed by atoms with Crippen molar-refractivity contribution >= 4 is 22.2 Å². The molecule has 0 spiro atoms. The molecular formula is C27H34N6OS. The fourth-order valence-electron chi connectivity index (χ4n) is 5.34. The second kappa shape index (κ2) is 10.8. The molecule has 0 aliphatic heterocycles. The summed E-state index contributed by atoms with van der Waals surface area (Å²) < 4.78 is 2.09. The summed E-state index contributed by atoms with van der Waals surface area (Å²) in [7, 11) is 0. The maximum Gasteiger partial charge on any atom is 0.252 e. The van der Waals surface area contributed by atoms with Crippen molar-refractivity contribution < 1.29 is 0 Å². The Hall–Kier alpha value is -2.84. The van der Waals surface area contributed by atoms with Gasteiger partial charge in [-0.05, 0) is 71.6 Å². The highest BCUT2D eigenvalue weighted by atomic mass is 32.1. The summed E-state index contributed by atoms with van der Waals surface area (Å²) in [6.45, 7) is 5.58. The van der Waals surface area contributed by atoms with Gasteiger partial charge in [0.25, 0.3) is 5.56 Å². The van der Waals surface area contributed by atoms with Gasteiger partial charge in [-0.2, -0.15) is 0 Å². The molecule has 0 unspecified atom stereocenters. The maximum atomic E-state index is 13.1. The molecule has 7 nitrogen and oxygen atoms in total. The predicted molar refractivity (Wildman–Crippen MR) is 140 cm³/mol. The van der Waals surface area contributed by atoms with Crippen molar-refractivity contribution in [3.63, 3.8) is 0 Å². The molecular weight excluding hydrogens is 456 g/mol. The smallest absolute Gasteiger partial charge is 0.252 e. The van der Waals surface area contributed by atoms with Gasteiger partial charge in [0.2, 0.25) is 0 Å². The first-order valence-electron chi connectivity index (χ1n) is 12.8. The Morgan fingerprint density at radius 3 is 2.80 bits per heavy atom. The molecule has 0 saturated heterocycles. The molecule has 5 rings (SSSR count). The van der Waals surface area contributed by atoms with Crippen LogP contribution in [0.15, 0.2) is 46.6 Å². The number of fused-ring (bicyclic) bond motifs is 1. The largest absolute Gasteiger partial charge is 0.322 e. The number of nitrogens with zero attached hydrogens (tertiary/aromatic N) is 5. The summed E-state index contributed by atoms with van der Waals surface area (Å²) in [6.07, 6.45) is 7.96. The van der Waals surface area contributed by atoms with Crippen LogP contribution in [0.5, 0.6) is 0 Å². The van der Waals surface area contributed by atoms with E-state index in [9.17, 15) is 4.79 Å². The number of aromatic amines is 1. The quantitative estimate of drug-likeness (QED) is 0.314. The number of aromatic nitrogens is 5. The number of hydrogen-bond acceptors (Lipinski definition) is 6. The topological polar surface area (TPSA) is 79.7 Å². The lowest BCUT2D eigenvalue weighted by Gasteiger charge is -2.32. The van der Waals surface area contributed by atoms with E-state index in [1.54, 1.807) is 11.3 Å². The summed E-state index contributed by atoms with van der Waals surface area (Å²) in [6, 6.07) is 12.8. The van der Waals surface area contributed by atoms with Crippen LogP contribution in [-0.4, -0.2) is 30.1 Å². The molecule has 3 heterocycles. The lowest BCUT2D eigenvalue weighted by atomic mass is 9.95. The second-order valence-electron chi connectivity index (χ2n) is 9.78. The van der Waals surface area contributed by atoms with E-state index in [2.05, 4.69) is 73.6 Å². The van der Waals surface area contributed by atoms with E-state index in [0.717, 1.165) is 54.5 Å². The van der Waals surface area contributed by atoms with Gasteiger partial charge in [0.05, 0.1) is 12.1 Å². The molecule has 1 saturated carbocycles. The van der Waals surface area contributed by atoms with Gasteiger partial charge in [0, 0.05) is 29.0 Å². The molecule has 1 atom stereocenters. The minimum absolute atomic E-state index is 0.0281.